The maximum Gasteiger partial charge on any atom is 0.418 e. The minimum Gasteiger partial charge on any atom is -0.399 e. The van der Waals surface area contributed by atoms with E-state index in [0.717, 1.165) is 48.5 Å². The van der Waals surface area contributed by atoms with E-state index in [1.165, 1.54) is 60.7 Å². The predicted molar refractivity (Wildman–Crippen MR) is 232 cm³/mol. The number of benzene rings is 7. The van der Waals surface area contributed by atoms with Crippen LogP contribution in [0.1, 0.15) is 63.7 Å². The van der Waals surface area contributed by atoms with E-state index in [4.69, 9.17) is 11.5 Å². The quantitative estimate of drug-likeness (QED) is 0.0971. The Balaban J connectivity index is 1.11. The molecule has 4 amide bonds. The lowest BCUT2D eigenvalue weighted by atomic mass is 9.93. The topological polar surface area (TPSA) is 127 Å². The first-order chi connectivity index (χ1) is 32.7. The maximum absolute atomic E-state index is 14.9. The maximum atomic E-state index is 14.9. The molecule has 2 aliphatic heterocycles. The zero-order valence-electron chi connectivity index (χ0n) is 34.9. The number of nitrogen functional groups attached to an aromatic ring is 2. The van der Waals surface area contributed by atoms with Gasteiger partial charge in [0.1, 0.15) is 0 Å². The Morgan fingerprint density at radius 1 is 0.286 bits per heavy atom. The summed E-state index contributed by atoms with van der Waals surface area (Å²) in [6.45, 7) is 0. The molecule has 0 saturated heterocycles. The summed E-state index contributed by atoms with van der Waals surface area (Å²) in [5, 5.41) is 0. The van der Waals surface area contributed by atoms with Crippen LogP contribution >= 0.6 is 0 Å². The highest BCUT2D eigenvalue weighted by Gasteiger charge is 2.51. The molecule has 70 heavy (non-hydrogen) atoms. The third-order valence-corrected chi connectivity index (χ3v) is 11.7. The van der Waals surface area contributed by atoms with Crippen LogP contribution in [0.25, 0.3) is 44.5 Å². The number of rotatable bonds is 6. The largest absolute Gasteiger partial charge is 0.418 e. The van der Waals surface area contributed by atoms with Crippen LogP contribution in [0.5, 0.6) is 0 Å². The van der Waals surface area contributed by atoms with Crippen molar-refractivity contribution < 1.29 is 71.9 Å². The molecule has 0 fully saturated rings. The van der Waals surface area contributed by atoms with Gasteiger partial charge >= 0.3 is 24.7 Å². The van der Waals surface area contributed by atoms with E-state index in [1.807, 2.05) is 0 Å². The number of nitrogens with zero attached hydrogens (tertiary/aromatic N) is 2. The molecule has 0 radical (unpaired) electrons. The molecule has 0 unspecified atom stereocenters. The van der Waals surface area contributed by atoms with Crippen molar-refractivity contribution in [3.8, 4) is 44.5 Å². The van der Waals surface area contributed by atoms with Crippen LogP contribution in [0.15, 0.2) is 133 Å². The molecule has 354 valence electrons. The third kappa shape index (κ3) is 8.03. The highest BCUT2D eigenvalue weighted by Crippen LogP contribution is 2.51. The lowest BCUT2D eigenvalue weighted by Gasteiger charge is -2.26. The van der Waals surface area contributed by atoms with Crippen LogP contribution in [-0.4, -0.2) is 23.6 Å². The summed E-state index contributed by atoms with van der Waals surface area (Å²) >= 11 is 0. The minimum atomic E-state index is -5.67. The molecule has 0 atom stereocenters. The highest BCUT2D eigenvalue weighted by molar-refractivity contribution is 6.36. The molecule has 0 aliphatic carbocycles. The molecule has 8 nitrogen and oxygen atoms in total. The summed E-state index contributed by atoms with van der Waals surface area (Å²) in [6.07, 6.45) is -22.7. The first kappa shape index (κ1) is 46.7. The highest BCUT2D eigenvalue weighted by atomic mass is 19.4. The molecule has 9 rings (SSSR count). The van der Waals surface area contributed by atoms with E-state index in [1.54, 1.807) is 0 Å². The molecule has 7 aromatic carbocycles. The lowest BCUT2D eigenvalue weighted by Crippen LogP contribution is -2.34. The Hall–Kier alpha value is -8.42. The van der Waals surface area contributed by atoms with Gasteiger partial charge < -0.3 is 11.5 Å². The number of hydrogen-bond acceptors (Lipinski definition) is 6. The monoisotopic (exact) mass is 974 g/mol. The summed E-state index contributed by atoms with van der Waals surface area (Å²) in [7, 11) is 0. The van der Waals surface area contributed by atoms with E-state index >= 15 is 0 Å². The van der Waals surface area contributed by atoms with Crippen LogP contribution in [0, 0.1) is 0 Å². The average Bonchev–Trinajstić information content (AvgIpc) is 3.69. The van der Waals surface area contributed by atoms with Crippen molar-refractivity contribution in [1.82, 2.24) is 0 Å². The Kier molecular flexibility index (Phi) is 10.7. The van der Waals surface area contributed by atoms with Crippen molar-refractivity contribution in [3.05, 3.63) is 178 Å². The molecule has 0 aromatic heterocycles. The number of halogens is 12. The van der Waals surface area contributed by atoms with Crippen LogP contribution in [0.3, 0.4) is 0 Å². The Bertz CT molecular complexity index is 3070. The minimum absolute atomic E-state index is 0.210. The SMILES string of the molecule is Nc1ccc(-c2ccc3c(c2)C(=O)N(c2c(C(F)(F)F)cc(-c4ccc(-c5cc(C(F)(F)F)c(N6C(=O)c7ccc(-c8ccc(N)cc8)cc7C6=O)c(C(F)(F)F)c5)cc4)cc2C(F)(F)F)C3=O)cc1. The van der Waals surface area contributed by atoms with Gasteiger partial charge in [-0.05, 0) is 117 Å². The first-order valence-corrected chi connectivity index (χ1v) is 20.3. The second-order valence-electron chi connectivity index (χ2n) is 16.1. The van der Waals surface area contributed by atoms with Crippen molar-refractivity contribution in [2.75, 3.05) is 21.3 Å². The predicted octanol–water partition coefficient (Wildman–Crippen LogP) is 13.2. The summed E-state index contributed by atoms with van der Waals surface area (Å²) < 4.78 is 179. The number of alkyl halides is 12. The Morgan fingerprint density at radius 2 is 0.514 bits per heavy atom. The number of amides is 4. The fraction of sp³-hybridized carbons (Fsp3) is 0.0800. The molecule has 7 aromatic rings. The molecular weight excluding hydrogens is 949 g/mol. The number of imide groups is 2. The van der Waals surface area contributed by atoms with E-state index in [0.29, 0.717) is 22.5 Å². The number of nitrogens with two attached hydrogens (primary N) is 2. The smallest absolute Gasteiger partial charge is 0.399 e. The fourth-order valence-electron chi connectivity index (χ4n) is 8.40. The number of anilines is 4. The van der Waals surface area contributed by atoms with Gasteiger partial charge in [0.25, 0.3) is 23.6 Å². The van der Waals surface area contributed by atoms with Gasteiger partial charge in [-0.3, -0.25) is 19.2 Å². The van der Waals surface area contributed by atoms with Crippen LogP contribution in [0.2, 0.25) is 0 Å². The molecule has 0 spiro atoms. The zero-order chi connectivity index (χ0) is 50.6. The molecule has 2 heterocycles. The van der Waals surface area contributed by atoms with Crippen molar-refractivity contribution in [2.24, 2.45) is 0 Å². The van der Waals surface area contributed by atoms with Crippen molar-refractivity contribution in [2.45, 2.75) is 24.7 Å². The number of carbonyl (C=O) groups is 4. The van der Waals surface area contributed by atoms with Crippen LogP contribution in [0.4, 0.5) is 75.4 Å². The normalized spacial score (nSPS) is 14.2. The summed E-state index contributed by atoms with van der Waals surface area (Å²) in [5.41, 5.74) is -2.95. The summed E-state index contributed by atoms with van der Waals surface area (Å²) in [6, 6.07) is 23.3. The van der Waals surface area contributed by atoms with Gasteiger partial charge in [0.15, 0.2) is 0 Å². The second-order valence-corrected chi connectivity index (χ2v) is 16.1. The van der Waals surface area contributed by atoms with Gasteiger partial charge in [0.05, 0.1) is 55.9 Å². The third-order valence-electron chi connectivity index (χ3n) is 11.7. The van der Waals surface area contributed by atoms with Gasteiger partial charge in [-0.15, -0.1) is 0 Å². The fourth-order valence-corrected chi connectivity index (χ4v) is 8.40. The molecule has 4 N–H and O–H groups in total. The number of hydrogen-bond donors (Lipinski definition) is 2. The van der Waals surface area contributed by atoms with Gasteiger partial charge in [0.2, 0.25) is 0 Å². The summed E-state index contributed by atoms with van der Waals surface area (Å²) in [5.74, 6) is -5.99. The van der Waals surface area contributed by atoms with E-state index in [9.17, 15) is 71.9 Å². The number of carbonyl (C=O) groups excluding carboxylic acids is 4. The molecular formula is C50H26F12N4O4. The first-order valence-electron chi connectivity index (χ1n) is 20.3. The summed E-state index contributed by atoms with van der Waals surface area (Å²) in [4.78, 5) is 54.2. The molecule has 0 saturated carbocycles. The average molecular weight is 975 g/mol. The van der Waals surface area contributed by atoms with Crippen molar-refractivity contribution in [3.63, 3.8) is 0 Å². The zero-order valence-corrected chi connectivity index (χ0v) is 34.9. The van der Waals surface area contributed by atoms with Crippen LogP contribution < -0.4 is 21.3 Å². The van der Waals surface area contributed by atoms with E-state index in [-0.39, 0.29) is 45.2 Å². The van der Waals surface area contributed by atoms with Gasteiger partial charge in [0, 0.05) is 11.4 Å². The van der Waals surface area contributed by atoms with Gasteiger partial charge in [-0.2, -0.15) is 52.7 Å². The second kappa shape index (κ2) is 16.1. The molecule has 2 aliphatic rings. The van der Waals surface area contributed by atoms with Crippen LogP contribution in [-0.2, 0) is 24.7 Å². The lowest BCUT2D eigenvalue weighted by molar-refractivity contribution is -0.143. The Labute approximate surface area is 386 Å². The molecule has 0 bridgehead atoms. The van der Waals surface area contributed by atoms with Crippen molar-refractivity contribution in [1.29, 1.82) is 0 Å². The number of fused-ring (bicyclic) bond motifs is 2. The standard InChI is InChI=1S/C50H26F12N4O4/c51-47(52,53)37-19-29(20-38(48(54,55)56)41(37)65-43(67)33-15-9-27(17-35(33)45(65)69)23-5-11-31(63)12-6-23)25-1-2-26(4-3-25)30-21-39(49(57,58)59)42(40(22-30)50(60,61)62)66-44(68)34-16-10-28(18-36(34)46(66)70)24-7-13-32(64)14-8-24/h1-22H,63-64H2. The van der Waals surface area contributed by atoms with E-state index < -0.39 is 126 Å². The van der Waals surface area contributed by atoms with E-state index in [2.05, 4.69) is 0 Å². The Morgan fingerprint density at radius 3 is 0.786 bits per heavy atom. The van der Waals surface area contributed by atoms with Gasteiger partial charge in [-0.25, -0.2) is 9.80 Å². The van der Waals surface area contributed by atoms with Crippen molar-refractivity contribution >= 4 is 46.4 Å². The van der Waals surface area contributed by atoms with Gasteiger partial charge in [-0.1, -0.05) is 60.7 Å². The molecule has 20 heteroatoms.